The second-order valence-electron chi connectivity index (χ2n) is 5.18. The molecule has 3 aromatic rings. The van der Waals surface area contributed by atoms with Gasteiger partial charge in [-0.3, -0.25) is 4.99 Å². The minimum Gasteiger partial charge on any atom is -0.465 e. The molecule has 0 aliphatic carbocycles. The van der Waals surface area contributed by atoms with Crippen LogP contribution in [0.25, 0.3) is 5.69 Å². The summed E-state index contributed by atoms with van der Waals surface area (Å²) in [7, 11) is 1.22. The maximum atomic E-state index is 14.1. The third-order valence-corrected chi connectivity index (χ3v) is 3.76. The number of aromatic nitrogens is 2. The van der Waals surface area contributed by atoms with Gasteiger partial charge >= 0.3 is 5.97 Å². The SMILES string of the molecule is COC(=O)c1cnn(-c2ccc(F)cc2F)c1C=Nc1ccc(Cl)cc1. The molecular weight excluding hydrogens is 364 g/mol. The van der Waals surface area contributed by atoms with Crippen molar-refractivity contribution in [2.24, 2.45) is 4.99 Å². The van der Waals surface area contributed by atoms with E-state index in [4.69, 9.17) is 16.3 Å². The molecule has 0 aliphatic rings. The summed E-state index contributed by atoms with van der Waals surface area (Å²) >= 11 is 5.83. The molecule has 0 N–H and O–H groups in total. The van der Waals surface area contributed by atoms with Gasteiger partial charge in [0, 0.05) is 11.1 Å². The van der Waals surface area contributed by atoms with Crippen LogP contribution >= 0.6 is 11.6 Å². The quantitative estimate of drug-likeness (QED) is 0.503. The number of ether oxygens (including phenoxy) is 1. The van der Waals surface area contributed by atoms with Crippen LogP contribution in [0.15, 0.2) is 53.7 Å². The fourth-order valence-electron chi connectivity index (χ4n) is 2.26. The van der Waals surface area contributed by atoms with E-state index in [-0.39, 0.29) is 16.9 Å². The first-order chi connectivity index (χ1) is 12.5. The summed E-state index contributed by atoms with van der Waals surface area (Å²) in [6.45, 7) is 0. The zero-order valence-corrected chi connectivity index (χ0v) is 14.2. The van der Waals surface area contributed by atoms with Crippen molar-refractivity contribution in [1.29, 1.82) is 0 Å². The van der Waals surface area contributed by atoms with Crippen LogP contribution < -0.4 is 0 Å². The Labute approximate surface area is 152 Å². The van der Waals surface area contributed by atoms with Gasteiger partial charge in [0.1, 0.15) is 17.1 Å². The van der Waals surface area contributed by atoms with Crippen molar-refractivity contribution in [3.8, 4) is 5.69 Å². The third-order valence-electron chi connectivity index (χ3n) is 3.51. The summed E-state index contributed by atoms with van der Waals surface area (Å²) in [5, 5.41) is 4.57. The highest BCUT2D eigenvalue weighted by molar-refractivity contribution is 6.30. The van der Waals surface area contributed by atoms with Gasteiger partial charge < -0.3 is 4.74 Å². The predicted octanol–water partition coefficient (Wildman–Crippen LogP) is 4.34. The minimum absolute atomic E-state index is 0.0286. The predicted molar refractivity (Wildman–Crippen MR) is 93.5 cm³/mol. The molecule has 0 saturated heterocycles. The lowest BCUT2D eigenvalue weighted by Gasteiger charge is -2.07. The zero-order valence-electron chi connectivity index (χ0n) is 13.5. The number of hydrogen-bond donors (Lipinski definition) is 0. The minimum atomic E-state index is -0.828. The molecule has 1 heterocycles. The van der Waals surface area contributed by atoms with E-state index in [0.29, 0.717) is 10.7 Å². The van der Waals surface area contributed by atoms with Gasteiger partial charge in [-0.05, 0) is 36.4 Å². The lowest BCUT2D eigenvalue weighted by molar-refractivity contribution is 0.0600. The van der Waals surface area contributed by atoms with Gasteiger partial charge in [0.05, 0.1) is 30.9 Å². The number of rotatable bonds is 4. The van der Waals surface area contributed by atoms with Crippen LogP contribution in [0.4, 0.5) is 14.5 Å². The van der Waals surface area contributed by atoms with Crippen molar-refractivity contribution < 1.29 is 18.3 Å². The van der Waals surface area contributed by atoms with Gasteiger partial charge in [-0.2, -0.15) is 5.10 Å². The summed E-state index contributed by atoms with van der Waals surface area (Å²) in [6.07, 6.45) is 2.59. The number of nitrogens with zero attached hydrogens (tertiary/aromatic N) is 3. The normalized spacial score (nSPS) is 11.1. The molecule has 0 bridgehead atoms. The number of methoxy groups -OCH3 is 1. The molecule has 0 unspecified atom stereocenters. The molecule has 1 aromatic heterocycles. The number of halogens is 3. The Hall–Kier alpha value is -3.06. The van der Waals surface area contributed by atoms with Gasteiger partial charge in [-0.25, -0.2) is 18.3 Å². The Balaban J connectivity index is 2.09. The van der Waals surface area contributed by atoms with E-state index in [2.05, 4.69) is 10.1 Å². The zero-order chi connectivity index (χ0) is 18.7. The smallest absolute Gasteiger partial charge is 0.341 e. The first-order valence-electron chi connectivity index (χ1n) is 7.41. The second-order valence-corrected chi connectivity index (χ2v) is 5.61. The van der Waals surface area contributed by atoms with Crippen molar-refractivity contribution in [2.75, 3.05) is 7.11 Å². The molecule has 0 aliphatic heterocycles. The summed E-state index contributed by atoms with van der Waals surface area (Å²) < 4.78 is 33.2. The summed E-state index contributed by atoms with van der Waals surface area (Å²) in [5.41, 5.74) is 0.822. The number of benzene rings is 2. The van der Waals surface area contributed by atoms with Crippen LogP contribution in [0.3, 0.4) is 0 Å². The molecule has 5 nitrogen and oxygen atoms in total. The van der Waals surface area contributed by atoms with Crippen LogP contribution in [0.5, 0.6) is 0 Å². The number of carbonyl (C=O) groups is 1. The van der Waals surface area contributed by atoms with Crippen LogP contribution in [0.2, 0.25) is 5.02 Å². The van der Waals surface area contributed by atoms with Crippen LogP contribution in [0.1, 0.15) is 16.1 Å². The number of hydrogen-bond acceptors (Lipinski definition) is 4. The van der Waals surface area contributed by atoms with Gasteiger partial charge in [-0.15, -0.1) is 0 Å². The molecule has 26 heavy (non-hydrogen) atoms. The monoisotopic (exact) mass is 375 g/mol. The Bertz CT molecular complexity index is 985. The van der Waals surface area contributed by atoms with E-state index in [9.17, 15) is 13.6 Å². The Kier molecular flexibility index (Phi) is 5.09. The molecule has 0 amide bonds. The first-order valence-corrected chi connectivity index (χ1v) is 7.79. The molecule has 2 aromatic carbocycles. The average Bonchev–Trinajstić information content (AvgIpc) is 3.04. The standard InChI is InChI=1S/C18H12ClF2N3O2/c1-26-18(25)14-9-23-24(16-7-4-12(20)8-15(16)21)17(14)10-22-13-5-2-11(19)3-6-13/h2-10H,1H3. The molecule has 0 atom stereocenters. The average molecular weight is 376 g/mol. The Morgan fingerprint density at radius 1 is 1.23 bits per heavy atom. The maximum absolute atomic E-state index is 14.1. The second kappa shape index (κ2) is 7.45. The summed E-state index contributed by atoms with van der Waals surface area (Å²) in [4.78, 5) is 16.2. The van der Waals surface area contributed by atoms with Crippen molar-refractivity contribution in [1.82, 2.24) is 9.78 Å². The van der Waals surface area contributed by atoms with E-state index in [1.54, 1.807) is 24.3 Å². The van der Waals surface area contributed by atoms with Gasteiger partial charge in [0.15, 0.2) is 5.82 Å². The molecule has 3 rings (SSSR count). The Morgan fingerprint density at radius 3 is 2.62 bits per heavy atom. The molecular formula is C18H12ClF2N3O2. The fraction of sp³-hybridized carbons (Fsp3) is 0.0556. The van der Waals surface area contributed by atoms with Gasteiger partial charge in [0.25, 0.3) is 0 Å². The van der Waals surface area contributed by atoms with E-state index < -0.39 is 17.6 Å². The van der Waals surface area contributed by atoms with E-state index in [1.807, 2.05) is 0 Å². The van der Waals surface area contributed by atoms with Crippen LogP contribution in [0, 0.1) is 11.6 Å². The molecule has 0 spiro atoms. The van der Waals surface area contributed by atoms with Crippen LogP contribution in [-0.4, -0.2) is 29.1 Å². The van der Waals surface area contributed by atoms with E-state index >= 15 is 0 Å². The topological polar surface area (TPSA) is 56.5 Å². The highest BCUT2D eigenvalue weighted by Gasteiger charge is 2.19. The lowest BCUT2D eigenvalue weighted by atomic mass is 10.2. The van der Waals surface area contributed by atoms with E-state index in [1.165, 1.54) is 25.6 Å². The van der Waals surface area contributed by atoms with Crippen LogP contribution in [-0.2, 0) is 4.74 Å². The number of carbonyl (C=O) groups excluding carboxylic acids is 1. The van der Waals surface area contributed by atoms with Crippen molar-refractivity contribution >= 4 is 29.5 Å². The Morgan fingerprint density at radius 2 is 1.96 bits per heavy atom. The molecule has 132 valence electrons. The highest BCUT2D eigenvalue weighted by Crippen LogP contribution is 2.20. The largest absolute Gasteiger partial charge is 0.465 e. The molecule has 0 saturated carbocycles. The number of aliphatic imine (C=N–C) groups is 1. The van der Waals surface area contributed by atoms with E-state index in [0.717, 1.165) is 16.8 Å². The van der Waals surface area contributed by atoms with Gasteiger partial charge in [-0.1, -0.05) is 11.6 Å². The van der Waals surface area contributed by atoms with Gasteiger partial charge in [0.2, 0.25) is 0 Å². The molecule has 0 radical (unpaired) electrons. The van der Waals surface area contributed by atoms with Crippen molar-refractivity contribution in [3.63, 3.8) is 0 Å². The third kappa shape index (κ3) is 3.62. The summed E-state index contributed by atoms with van der Waals surface area (Å²) in [5.74, 6) is -2.20. The van der Waals surface area contributed by atoms with Crippen molar-refractivity contribution in [2.45, 2.75) is 0 Å². The first kappa shape index (κ1) is 17.8. The maximum Gasteiger partial charge on any atom is 0.341 e. The fourth-order valence-corrected chi connectivity index (χ4v) is 2.38. The van der Waals surface area contributed by atoms with Crippen molar-refractivity contribution in [3.05, 3.63) is 76.6 Å². The molecule has 0 fully saturated rings. The summed E-state index contributed by atoms with van der Waals surface area (Å²) in [6, 6.07) is 9.72. The number of esters is 1. The highest BCUT2D eigenvalue weighted by atomic mass is 35.5. The lowest BCUT2D eigenvalue weighted by Crippen LogP contribution is -2.09. The molecule has 8 heteroatoms.